The first-order chi connectivity index (χ1) is 20.8. The molecule has 0 heterocycles. The van der Waals surface area contributed by atoms with Crippen molar-refractivity contribution in [3.8, 4) is 0 Å². The molecule has 0 aromatic heterocycles. The number of unbranched alkanes of at least 4 members (excludes halogenated alkanes) is 23. The van der Waals surface area contributed by atoms with Crippen LogP contribution in [0.25, 0.3) is 0 Å². The van der Waals surface area contributed by atoms with Crippen LogP contribution in [0.3, 0.4) is 0 Å². The summed E-state index contributed by atoms with van der Waals surface area (Å²) >= 11 is 0. The topological polar surface area (TPSA) is 57.2 Å². The van der Waals surface area contributed by atoms with Gasteiger partial charge in [0.15, 0.2) is 0 Å². The number of hydrogen-bond acceptors (Lipinski definition) is 3. The Morgan fingerprint density at radius 1 is 0.349 bits per heavy atom. The minimum atomic E-state index is -3.95. The first-order valence-electron chi connectivity index (χ1n) is 19.6. The van der Waals surface area contributed by atoms with Gasteiger partial charge in [0.1, 0.15) is 0 Å². The molecule has 3 nitrogen and oxygen atoms in total. The van der Waals surface area contributed by atoms with Crippen LogP contribution in [0.2, 0.25) is 0 Å². The van der Waals surface area contributed by atoms with E-state index in [0.29, 0.717) is 6.42 Å². The van der Waals surface area contributed by atoms with Crippen molar-refractivity contribution >= 4 is 17.4 Å². The summed E-state index contributed by atoms with van der Waals surface area (Å²) in [5, 5.41) is 0. The van der Waals surface area contributed by atoms with Crippen molar-refractivity contribution in [2.75, 3.05) is 30.4 Å². The predicted molar refractivity (Wildman–Crippen MR) is 199 cm³/mol. The van der Waals surface area contributed by atoms with E-state index in [0.717, 1.165) is 19.3 Å². The second-order valence-corrected chi connectivity index (χ2v) is 19.6. The lowest BCUT2D eigenvalue weighted by Crippen LogP contribution is -2.13. The van der Waals surface area contributed by atoms with E-state index in [2.05, 4.69) is 27.7 Å². The van der Waals surface area contributed by atoms with Gasteiger partial charge >= 0.3 is 0 Å². The van der Waals surface area contributed by atoms with Gasteiger partial charge in [0.25, 0.3) is 0 Å². The average molecular weight is 649 g/mol. The third-order valence-corrected chi connectivity index (χ3v) is 15.0. The molecule has 0 spiro atoms. The average Bonchev–Trinajstić information content (AvgIpc) is 2.98. The fourth-order valence-corrected chi connectivity index (χ4v) is 11.8. The van der Waals surface area contributed by atoms with Gasteiger partial charge in [-0.25, -0.2) is 8.42 Å². The minimum Gasteiger partial charge on any atom is -0.748 e. The third kappa shape index (κ3) is 36.7. The van der Waals surface area contributed by atoms with Gasteiger partial charge in [0.05, 0.1) is 34.8 Å². The number of rotatable bonds is 33. The van der Waals surface area contributed by atoms with Gasteiger partial charge in [-0.3, -0.25) is 0 Å². The Kier molecular flexibility index (Phi) is 37.2. The Morgan fingerprint density at radius 3 is 0.791 bits per heavy atom. The normalized spacial score (nSPS) is 12.0. The number of hydrogen-bond donors (Lipinski definition) is 0. The molecule has 0 amide bonds. The smallest absolute Gasteiger partial charge is 0.0945 e. The Balaban J connectivity index is 0. The van der Waals surface area contributed by atoms with Crippen LogP contribution in [0.1, 0.15) is 214 Å². The summed E-state index contributed by atoms with van der Waals surface area (Å²) < 4.78 is 30.1. The lowest BCUT2D eigenvalue weighted by molar-refractivity contribution is 0.459. The van der Waals surface area contributed by atoms with Gasteiger partial charge in [-0.2, -0.15) is 0 Å². The maximum absolute atomic E-state index is 10.0. The Bertz CT molecular complexity index is 553. The zero-order chi connectivity index (χ0) is 32.3. The molecule has 0 aromatic rings. The molecule has 0 aliphatic carbocycles. The molecule has 5 heteroatoms. The van der Waals surface area contributed by atoms with Crippen molar-refractivity contribution in [1.82, 2.24) is 0 Å². The van der Waals surface area contributed by atoms with E-state index < -0.39 is 17.4 Å². The van der Waals surface area contributed by atoms with Crippen LogP contribution < -0.4 is 0 Å². The van der Waals surface area contributed by atoms with Crippen molar-refractivity contribution in [2.45, 2.75) is 214 Å². The molecule has 262 valence electrons. The zero-order valence-electron chi connectivity index (χ0n) is 30.4. The van der Waals surface area contributed by atoms with Crippen molar-refractivity contribution < 1.29 is 13.0 Å². The van der Waals surface area contributed by atoms with Crippen molar-refractivity contribution in [2.24, 2.45) is 0 Å². The lowest BCUT2D eigenvalue weighted by atomic mass is 10.1. The van der Waals surface area contributed by atoms with E-state index >= 15 is 0 Å². The lowest BCUT2D eigenvalue weighted by Gasteiger charge is -2.28. The SMILES string of the molecule is CCCCCCCC[P+](CCCCCCCC)(CCCCCCCC)CCCCCCCC.CCCCCCS(=O)(=O)[O-]. The van der Waals surface area contributed by atoms with Gasteiger partial charge in [-0.1, -0.05) is 157 Å². The molecule has 0 bridgehead atoms. The van der Waals surface area contributed by atoms with Gasteiger partial charge in [-0.15, -0.1) is 0 Å². The maximum atomic E-state index is 10.0. The first kappa shape index (κ1) is 45.5. The molecular formula is C38H81O3PS. The van der Waals surface area contributed by atoms with Gasteiger partial charge in [0.2, 0.25) is 0 Å². The van der Waals surface area contributed by atoms with E-state index in [1.54, 1.807) is 50.3 Å². The molecule has 0 atom stereocenters. The molecule has 0 fully saturated rings. The van der Waals surface area contributed by atoms with Crippen LogP contribution in [0.4, 0.5) is 0 Å². The summed E-state index contributed by atoms with van der Waals surface area (Å²) in [4.78, 5) is 0. The molecule has 0 N–H and O–H groups in total. The highest BCUT2D eigenvalue weighted by Crippen LogP contribution is 2.61. The maximum Gasteiger partial charge on any atom is 0.0945 e. The van der Waals surface area contributed by atoms with E-state index in [1.807, 2.05) is 6.92 Å². The van der Waals surface area contributed by atoms with Crippen LogP contribution >= 0.6 is 7.26 Å². The molecule has 0 aliphatic heterocycles. The standard InChI is InChI=1S/C32H68P.C6H14O3S/c1-5-9-13-17-21-25-29-33(30-26-22-18-14-10-6-2,31-27-23-19-15-11-7-3)32-28-24-20-16-12-8-4;1-2-3-4-5-6-10(7,8)9/h5-32H2,1-4H3;2-6H2,1H3,(H,7,8,9)/q+1;/p-1. The van der Waals surface area contributed by atoms with E-state index in [1.165, 1.54) is 128 Å². The van der Waals surface area contributed by atoms with E-state index in [-0.39, 0.29) is 5.75 Å². The highest BCUT2D eigenvalue weighted by atomic mass is 32.2. The van der Waals surface area contributed by atoms with Gasteiger partial charge in [-0.05, 0) is 57.8 Å². The summed E-state index contributed by atoms with van der Waals surface area (Å²) in [5.41, 5.74) is 0. The van der Waals surface area contributed by atoms with Crippen LogP contribution in [0, 0.1) is 0 Å². The van der Waals surface area contributed by atoms with Crippen molar-refractivity contribution in [1.29, 1.82) is 0 Å². The van der Waals surface area contributed by atoms with E-state index in [4.69, 9.17) is 0 Å². The second-order valence-electron chi connectivity index (χ2n) is 13.6. The summed E-state index contributed by atoms with van der Waals surface area (Å²) in [6.07, 6.45) is 45.6. The van der Waals surface area contributed by atoms with E-state index in [9.17, 15) is 13.0 Å². The highest BCUT2D eigenvalue weighted by Gasteiger charge is 2.34. The van der Waals surface area contributed by atoms with Crippen LogP contribution in [0.15, 0.2) is 0 Å². The van der Waals surface area contributed by atoms with Crippen molar-refractivity contribution in [3.05, 3.63) is 0 Å². The predicted octanol–water partition coefficient (Wildman–Crippen LogP) is 13.6. The van der Waals surface area contributed by atoms with Crippen molar-refractivity contribution in [3.63, 3.8) is 0 Å². The molecule has 0 aliphatic rings. The summed E-state index contributed by atoms with van der Waals surface area (Å²) in [7, 11) is -4.67. The quantitative estimate of drug-likeness (QED) is 0.0404. The fraction of sp³-hybridized carbons (Fsp3) is 1.00. The Hall–Kier alpha value is 0.340. The minimum absolute atomic E-state index is 0.201. The monoisotopic (exact) mass is 649 g/mol. The largest absolute Gasteiger partial charge is 0.748 e. The molecule has 0 unspecified atom stereocenters. The van der Waals surface area contributed by atoms with Crippen LogP contribution in [0.5, 0.6) is 0 Å². The van der Waals surface area contributed by atoms with Gasteiger partial charge < -0.3 is 4.55 Å². The molecule has 0 radical (unpaired) electrons. The molecule has 0 saturated carbocycles. The summed E-state index contributed by atoms with van der Waals surface area (Å²) in [6, 6.07) is 0. The highest BCUT2D eigenvalue weighted by molar-refractivity contribution is 7.85. The Morgan fingerprint density at radius 2 is 0.558 bits per heavy atom. The van der Waals surface area contributed by atoms with Crippen LogP contribution in [-0.4, -0.2) is 43.4 Å². The molecule has 0 saturated heterocycles. The van der Waals surface area contributed by atoms with Gasteiger partial charge in [0, 0.05) is 13.0 Å². The summed E-state index contributed by atoms with van der Waals surface area (Å²) in [6.45, 7) is 11.4. The fourth-order valence-electron chi connectivity index (χ4n) is 6.29. The summed E-state index contributed by atoms with van der Waals surface area (Å²) in [5.74, 6) is -0.201. The first-order valence-corrected chi connectivity index (χ1v) is 23.7. The molecular weight excluding hydrogens is 567 g/mol. The molecule has 43 heavy (non-hydrogen) atoms. The van der Waals surface area contributed by atoms with Crippen LogP contribution in [-0.2, 0) is 10.1 Å². The zero-order valence-corrected chi connectivity index (χ0v) is 32.1. The third-order valence-electron chi connectivity index (χ3n) is 9.19. The Labute approximate surface area is 274 Å². The molecule has 0 aromatic carbocycles. The second kappa shape index (κ2) is 35.2. The molecule has 0 rings (SSSR count).